The number of hydrogen-bond donors (Lipinski definition) is 0. The van der Waals surface area contributed by atoms with E-state index >= 15 is 0 Å². The Morgan fingerprint density at radius 1 is 1.28 bits per heavy atom. The molecule has 2 heteroatoms. The first-order valence-electron chi connectivity index (χ1n) is 7.02. The second kappa shape index (κ2) is 5.73. The van der Waals surface area contributed by atoms with E-state index in [9.17, 15) is 0 Å². The van der Waals surface area contributed by atoms with E-state index in [0.717, 1.165) is 18.3 Å². The summed E-state index contributed by atoms with van der Waals surface area (Å²) in [4.78, 5) is 4.78. The Bertz CT molecular complexity index is 374. The zero-order valence-corrected chi connectivity index (χ0v) is 13.3. The standard InChI is InChI=1S/C16H24BrN/c1-12-4-5-14(15(17)10-12)16(2,3)11-13-6-8-18-9-7-13/h6-9,12,14-15H,4-5,10-11H2,1-3H3. The molecule has 0 radical (unpaired) electrons. The molecule has 1 nitrogen and oxygen atoms in total. The predicted octanol–water partition coefficient (Wildman–Crippen LogP) is 4.85. The molecule has 1 aromatic rings. The summed E-state index contributed by atoms with van der Waals surface area (Å²) in [6.45, 7) is 7.21. The van der Waals surface area contributed by atoms with E-state index in [1.807, 2.05) is 12.4 Å². The molecular formula is C16H24BrN. The Kier molecular flexibility index (Phi) is 4.47. The summed E-state index contributed by atoms with van der Waals surface area (Å²) in [5.41, 5.74) is 1.77. The van der Waals surface area contributed by atoms with E-state index in [1.54, 1.807) is 0 Å². The third-order valence-electron chi connectivity index (χ3n) is 4.45. The van der Waals surface area contributed by atoms with Gasteiger partial charge in [0.15, 0.2) is 0 Å². The van der Waals surface area contributed by atoms with Crippen molar-refractivity contribution in [3.05, 3.63) is 30.1 Å². The Balaban J connectivity index is 2.06. The molecule has 3 atom stereocenters. The Morgan fingerprint density at radius 3 is 2.56 bits per heavy atom. The Labute approximate surface area is 120 Å². The molecule has 0 amide bonds. The van der Waals surface area contributed by atoms with Crippen LogP contribution in [0.4, 0.5) is 0 Å². The van der Waals surface area contributed by atoms with Gasteiger partial charge in [0.2, 0.25) is 0 Å². The van der Waals surface area contributed by atoms with E-state index in [4.69, 9.17) is 0 Å². The number of rotatable bonds is 3. The van der Waals surface area contributed by atoms with Gasteiger partial charge in [-0.3, -0.25) is 4.98 Å². The van der Waals surface area contributed by atoms with Gasteiger partial charge in [-0.1, -0.05) is 43.1 Å². The van der Waals surface area contributed by atoms with Gasteiger partial charge in [0, 0.05) is 17.2 Å². The van der Waals surface area contributed by atoms with Crippen molar-refractivity contribution in [2.24, 2.45) is 17.3 Å². The summed E-state index contributed by atoms with van der Waals surface area (Å²) >= 11 is 3.93. The monoisotopic (exact) mass is 309 g/mol. The lowest BCUT2D eigenvalue weighted by Crippen LogP contribution is -2.37. The maximum absolute atomic E-state index is 4.10. The summed E-state index contributed by atoms with van der Waals surface area (Å²) in [6.07, 6.45) is 9.02. The lowest BCUT2D eigenvalue weighted by molar-refractivity contribution is 0.147. The minimum Gasteiger partial charge on any atom is -0.265 e. The maximum atomic E-state index is 4.10. The molecule has 0 saturated heterocycles. The smallest absolute Gasteiger partial charge is 0.0270 e. The fourth-order valence-corrected chi connectivity index (χ4v) is 4.97. The van der Waals surface area contributed by atoms with Gasteiger partial charge in [-0.15, -0.1) is 0 Å². The van der Waals surface area contributed by atoms with Crippen LogP contribution >= 0.6 is 15.9 Å². The molecule has 3 unspecified atom stereocenters. The fraction of sp³-hybridized carbons (Fsp3) is 0.688. The van der Waals surface area contributed by atoms with Gasteiger partial charge in [-0.2, -0.15) is 0 Å². The zero-order chi connectivity index (χ0) is 13.2. The van der Waals surface area contributed by atoms with Gasteiger partial charge in [0.1, 0.15) is 0 Å². The zero-order valence-electron chi connectivity index (χ0n) is 11.7. The van der Waals surface area contributed by atoms with Gasteiger partial charge < -0.3 is 0 Å². The average Bonchev–Trinajstić information content (AvgIpc) is 2.29. The highest BCUT2D eigenvalue weighted by atomic mass is 79.9. The van der Waals surface area contributed by atoms with E-state index in [1.165, 1.54) is 24.8 Å². The SMILES string of the molecule is CC1CCC(C(C)(C)Cc2ccncc2)C(Br)C1. The highest BCUT2D eigenvalue weighted by molar-refractivity contribution is 9.09. The first kappa shape index (κ1) is 14.0. The minimum atomic E-state index is 0.357. The quantitative estimate of drug-likeness (QED) is 0.727. The number of nitrogens with zero attached hydrogens (tertiary/aromatic N) is 1. The molecule has 1 aliphatic carbocycles. The highest BCUT2D eigenvalue weighted by Gasteiger charge is 2.37. The van der Waals surface area contributed by atoms with Gasteiger partial charge in [-0.05, 0) is 54.2 Å². The summed E-state index contributed by atoms with van der Waals surface area (Å²) in [6, 6.07) is 4.30. The van der Waals surface area contributed by atoms with E-state index in [2.05, 4.69) is 53.8 Å². The average molecular weight is 310 g/mol. The summed E-state index contributed by atoms with van der Waals surface area (Å²) < 4.78 is 0. The van der Waals surface area contributed by atoms with E-state index in [0.29, 0.717) is 10.2 Å². The molecule has 0 aromatic carbocycles. The normalized spacial score (nSPS) is 29.2. The molecule has 0 spiro atoms. The van der Waals surface area contributed by atoms with Crippen molar-refractivity contribution in [3.8, 4) is 0 Å². The molecule has 1 aliphatic rings. The molecular weight excluding hydrogens is 286 g/mol. The van der Waals surface area contributed by atoms with Gasteiger partial charge in [0.25, 0.3) is 0 Å². The van der Waals surface area contributed by atoms with Crippen molar-refractivity contribution < 1.29 is 0 Å². The molecule has 1 saturated carbocycles. The molecule has 1 aromatic heterocycles. The topological polar surface area (TPSA) is 12.9 Å². The van der Waals surface area contributed by atoms with Gasteiger partial charge >= 0.3 is 0 Å². The molecule has 100 valence electrons. The molecule has 2 rings (SSSR count). The largest absolute Gasteiger partial charge is 0.265 e. The van der Waals surface area contributed by atoms with Crippen LogP contribution in [0.25, 0.3) is 0 Å². The second-order valence-electron chi connectivity index (χ2n) is 6.56. The van der Waals surface area contributed by atoms with Crippen LogP contribution in [0.15, 0.2) is 24.5 Å². The van der Waals surface area contributed by atoms with Crippen LogP contribution in [0, 0.1) is 17.3 Å². The van der Waals surface area contributed by atoms with Crippen molar-refractivity contribution in [2.45, 2.75) is 51.3 Å². The van der Waals surface area contributed by atoms with Crippen LogP contribution in [0.3, 0.4) is 0 Å². The molecule has 18 heavy (non-hydrogen) atoms. The number of hydrogen-bond acceptors (Lipinski definition) is 1. The molecule has 0 aliphatic heterocycles. The highest BCUT2D eigenvalue weighted by Crippen LogP contribution is 2.45. The third kappa shape index (κ3) is 3.34. The number of alkyl halides is 1. The minimum absolute atomic E-state index is 0.357. The van der Waals surface area contributed by atoms with Gasteiger partial charge in [0.05, 0.1) is 0 Å². The number of halogens is 1. The van der Waals surface area contributed by atoms with E-state index < -0.39 is 0 Å². The van der Waals surface area contributed by atoms with Crippen LogP contribution < -0.4 is 0 Å². The molecule has 1 fully saturated rings. The van der Waals surface area contributed by atoms with Crippen LogP contribution in [-0.4, -0.2) is 9.81 Å². The number of aromatic nitrogens is 1. The first-order chi connectivity index (χ1) is 8.49. The predicted molar refractivity (Wildman–Crippen MR) is 80.9 cm³/mol. The lowest BCUT2D eigenvalue weighted by Gasteiger charge is -2.42. The third-order valence-corrected chi connectivity index (χ3v) is 5.46. The second-order valence-corrected chi connectivity index (χ2v) is 7.74. The molecule has 0 bridgehead atoms. The summed E-state index contributed by atoms with van der Waals surface area (Å²) in [5.74, 6) is 1.66. The van der Waals surface area contributed by atoms with Crippen molar-refractivity contribution in [1.82, 2.24) is 4.98 Å². The van der Waals surface area contributed by atoms with Crippen LogP contribution in [0.5, 0.6) is 0 Å². The van der Waals surface area contributed by atoms with Crippen molar-refractivity contribution in [3.63, 3.8) is 0 Å². The van der Waals surface area contributed by atoms with Crippen LogP contribution in [0.1, 0.15) is 45.6 Å². The summed E-state index contributed by atoms with van der Waals surface area (Å²) in [5, 5.41) is 0. The first-order valence-corrected chi connectivity index (χ1v) is 7.93. The van der Waals surface area contributed by atoms with Gasteiger partial charge in [-0.25, -0.2) is 0 Å². The maximum Gasteiger partial charge on any atom is 0.0270 e. The van der Waals surface area contributed by atoms with Crippen molar-refractivity contribution in [2.75, 3.05) is 0 Å². The van der Waals surface area contributed by atoms with Crippen LogP contribution in [0.2, 0.25) is 0 Å². The lowest BCUT2D eigenvalue weighted by atomic mass is 9.66. The van der Waals surface area contributed by atoms with Crippen LogP contribution in [-0.2, 0) is 6.42 Å². The number of pyridine rings is 1. The summed E-state index contributed by atoms with van der Waals surface area (Å²) in [7, 11) is 0. The fourth-order valence-electron chi connectivity index (χ4n) is 3.35. The Morgan fingerprint density at radius 2 is 1.94 bits per heavy atom. The van der Waals surface area contributed by atoms with Crippen molar-refractivity contribution in [1.29, 1.82) is 0 Å². The Hall–Kier alpha value is -0.370. The van der Waals surface area contributed by atoms with Crippen molar-refractivity contribution >= 4 is 15.9 Å². The molecule has 0 N–H and O–H groups in total. The molecule has 1 heterocycles. The van der Waals surface area contributed by atoms with E-state index in [-0.39, 0.29) is 0 Å².